The second-order valence-corrected chi connectivity index (χ2v) is 8.51. The zero-order valence-corrected chi connectivity index (χ0v) is 16.1. The third-order valence-corrected chi connectivity index (χ3v) is 6.40. The number of carbonyl (C=O) groups is 1. The Morgan fingerprint density at radius 2 is 1.68 bits per heavy atom. The maximum absolute atomic E-state index is 13.0. The van der Waals surface area contributed by atoms with Crippen LogP contribution in [0.4, 0.5) is 0 Å². The molecule has 0 unspecified atom stereocenters. The average Bonchev–Trinajstić information content (AvgIpc) is 2.62. The third kappa shape index (κ3) is 4.95. The topological polar surface area (TPSA) is 47.0 Å². The van der Waals surface area contributed by atoms with Gasteiger partial charge in [-0.15, -0.1) is 0 Å². The van der Waals surface area contributed by atoms with Gasteiger partial charge in [0, 0.05) is 45.8 Å². The molecule has 1 saturated carbocycles. The quantitative estimate of drug-likeness (QED) is 0.795. The molecule has 1 N–H and O–H groups in total. The molecule has 0 aromatic rings. The highest BCUT2D eigenvalue weighted by atomic mass is 16.3. The van der Waals surface area contributed by atoms with Crippen LogP contribution in [-0.2, 0) is 4.79 Å². The van der Waals surface area contributed by atoms with Crippen molar-refractivity contribution in [2.75, 3.05) is 52.4 Å². The Balaban J connectivity index is 1.52. The van der Waals surface area contributed by atoms with E-state index >= 15 is 0 Å². The molecule has 1 amide bonds. The molecule has 0 radical (unpaired) electrons. The summed E-state index contributed by atoms with van der Waals surface area (Å²) in [6.07, 6.45) is 9.21. The van der Waals surface area contributed by atoms with Crippen molar-refractivity contribution in [1.82, 2.24) is 14.7 Å². The van der Waals surface area contributed by atoms with Crippen LogP contribution >= 0.6 is 0 Å². The minimum atomic E-state index is -1.15. The van der Waals surface area contributed by atoms with Gasteiger partial charge in [0.15, 0.2) is 5.60 Å². The maximum Gasteiger partial charge on any atom is 0.255 e. The summed E-state index contributed by atoms with van der Waals surface area (Å²) < 4.78 is 0. The molecule has 1 atom stereocenters. The van der Waals surface area contributed by atoms with Crippen molar-refractivity contribution in [2.45, 2.75) is 63.9 Å². The lowest BCUT2D eigenvalue weighted by Gasteiger charge is -2.44. The van der Waals surface area contributed by atoms with Gasteiger partial charge in [0.2, 0.25) is 0 Å². The second kappa shape index (κ2) is 8.83. The molecule has 3 rings (SSSR count). The summed E-state index contributed by atoms with van der Waals surface area (Å²) in [6.45, 7) is 9.66. The number of β-amino-alcohol motifs (C(OH)–C–C–N with tert-alkyl or cyclic N) is 1. The van der Waals surface area contributed by atoms with Crippen molar-refractivity contribution < 1.29 is 9.90 Å². The maximum atomic E-state index is 13.0. The highest BCUT2D eigenvalue weighted by Gasteiger charge is 2.44. The number of aliphatic hydroxyl groups is 1. The molecule has 2 heterocycles. The number of hydrogen-bond donors (Lipinski definition) is 1. The standard InChI is InChI=1S/C20H37N3O2/c1-2-10-21-12-14-22(15-13-21)17-20(25)9-6-11-23(19(20)24)16-18-7-4-3-5-8-18/h18,25H,2-17H2,1H3/t20-/m0/s1. The van der Waals surface area contributed by atoms with Crippen molar-refractivity contribution in [1.29, 1.82) is 0 Å². The van der Waals surface area contributed by atoms with Gasteiger partial charge in [0.25, 0.3) is 5.91 Å². The lowest BCUT2D eigenvalue weighted by Crippen LogP contribution is -2.61. The Morgan fingerprint density at radius 1 is 1.00 bits per heavy atom. The predicted octanol–water partition coefficient (Wildman–Crippen LogP) is 1.95. The fourth-order valence-electron chi connectivity index (χ4n) is 4.92. The van der Waals surface area contributed by atoms with Crippen molar-refractivity contribution in [3.05, 3.63) is 0 Å². The number of carbonyl (C=O) groups excluding carboxylic acids is 1. The number of likely N-dealkylation sites (tertiary alicyclic amines) is 1. The third-order valence-electron chi connectivity index (χ3n) is 6.40. The summed E-state index contributed by atoms with van der Waals surface area (Å²) in [5, 5.41) is 11.1. The van der Waals surface area contributed by atoms with Crippen LogP contribution in [-0.4, -0.2) is 83.7 Å². The summed E-state index contributed by atoms with van der Waals surface area (Å²) in [5.74, 6) is 0.651. The molecule has 25 heavy (non-hydrogen) atoms. The number of piperazine rings is 1. The molecule has 1 aliphatic carbocycles. The minimum Gasteiger partial charge on any atom is -0.379 e. The van der Waals surface area contributed by atoms with Crippen LogP contribution < -0.4 is 0 Å². The van der Waals surface area contributed by atoms with Crippen LogP contribution in [0.2, 0.25) is 0 Å². The molecule has 0 spiro atoms. The number of rotatable bonds is 6. The fourth-order valence-corrected chi connectivity index (χ4v) is 4.92. The van der Waals surface area contributed by atoms with E-state index < -0.39 is 5.60 Å². The van der Waals surface area contributed by atoms with Crippen LogP contribution in [0.1, 0.15) is 58.3 Å². The first-order valence-corrected chi connectivity index (χ1v) is 10.6. The van der Waals surface area contributed by atoms with Crippen LogP contribution in [0.5, 0.6) is 0 Å². The molecule has 2 aliphatic heterocycles. The van der Waals surface area contributed by atoms with Crippen LogP contribution in [0.25, 0.3) is 0 Å². The molecule has 0 bridgehead atoms. The van der Waals surface area contributed by atoms with Gasteiger partial charge < -0.3 is 14.9 Å². The van der Waals surface area contributed by atoms with Gasteiger partial charge in [0.05, 0.1) is 0 Å². The second-order valence-electron chi connectivity index (χ2n) is 8.51. The monoisotopic (exact) mass is 351 g/mol. The highest BCUT2D eigenvalue weighted by molar-refractivity contribution is 5.86. The Hall–Kier alpha value is -0.650. The van der Waals surface area contributed by atoms with Gasteiger partial charge in [0.1, 0.15) is 0 Å². The molecule has 0 aromatic heterocycles. The molecule has 5 heteroatoms. The lowest BCUT2D eigenvalue weighted by molar-refractivity contribution is -0.161. The molecule has 3 aliphatic rings. The Bertz CT molecular complexity index is 431. The summed E-state index contributed by atoms with van der Waals surface area (Å²) in [7, 11) is 0. The first-order valence-electron chi connectivity index (χ1n) is 10.6. The van der Waals surface area contributed by atoms with Gasteiger partial charge in [-0.3, -0.25) is 9.69 Å². The van der Waals surface area contributed by atoms with Crippen LogP contribution in [0, 0.1) is 5.92 Å². The van der Waals surface area contributed by atoms with E-state index in [-0.39, 0.29) is 5.91 Å². The molecule has 5 nitrogen and oxygen atoms in total. The van der Waals surface area contributed by atoms with Gasteiger partial charge in [-0.05, 0) is 44.6 Å². The zero-order valence-electron chi connectivity index (χ0n) is 16.1. The van der Waals surface area contributed by atoms with Crippen molar-refractivity contribution in [3.63, 3.8) is 0 Å². The van der Waals surface area contributed by atoms with Gasteiger partial charge in [-0.1, -0.05) is 26.2 Å². The fraction of sp³-hybridized carbons (Fsp3) is 0.950. The number of nitrogens with zero attached hydrogens (tertiary/aromatic N) is 3. The molecule has 0 aromatic carbocycles. The van der Waals surface area contributed by atoms with E-state index in [1.54, 1.807) is 0 Å². The first kappa shape index (κ1) is 19.1. The Kier molecular flexibility index (Phi) is 6.75. The van der Waals surface area contributed by atoms with E-state index in [4.69, 9.17) is 0 Å². The van der Waals surface area contributed by atoms with Gasteiger partial charge >= 0.3 is 0 Å². The van der Waals surface area contributed by atoms with E-state index in [0.717, 1.165) is 52.2 Å². The van der Waals surface area contributed by atoms with E-state index in [1.807, 2.05) is 4.90 Å². The molecule has 144 valence electrons. The average molecular weight is 352 g/mol. The first-order chi connectivity index (χ1) is 12.1. The summed E-state index contributed by atoms with van der Waals surface area (Å²) in [5.41, 5.74) is -1.15. The summed E-state index contributed by atoms with van der Waals surface area (Å²) in [4.78, 5) is 19.8. The molecule has 3 fully saturated rings. The summed E-state index contributed by atoms with van der Waals surface area (Å²) in [6, 6.07) is 0. The van der Waals surface area contributed by atoms with Crippen molar-refractivity contribution in [3.8, 4) is 0 Å². The normalized spacial score (nSPS) is 30.8. The van der Waals surface area contributed by atoms with Gasteiger partial charge in [-0.2, -0.15) is 0 Å². The van der Waals surface area contributed by atoms with Crippen molar-refractivity contribution >= 4 is 5.91 Å². The van der Waals surface area contributed by atoms with Crippen molar-refractivity contribution in [2.24, 2.45) is 5.92 Å². The Morgan fingerprint density at radius 3 is 2.36 bits per heavy atom. The number of piperidine rings is 1. The molecular formula is C20H37N3O2. The molecule has 2 saturated heterocycles. The van der Waals surface area contributed by atoms with E-state index in [1.165, 1.54) is 38.5 Å². The number of hydrogen-bond acceptors (Lipinski definition) is 4. The van der Waals surface area contributed by atoms with Gasteiger partial charge in [-0.25, -0.2) is 0 Å². The van der Waals surface area contributed by atoms with Crippen LogP contribution in [0.15, 0.2) is 0 Å². The zero-order chi connectivity index (χ0) is 17.7. The molecular weight excluding hydrogens is 314 g/mol. The largest absolute Gasteiger partial charge is 0.379 e. The SMILES string of the molecule is CCCN1CCN(C[C@@]2(O)CCCN(CC3CCCCC3)C2=O)CC1. The van der Waals surface area contributed by atoms with E-state index in [9.17, 15) is 9.90 Å². The van der Waals surface area contributed by atoms with E-state index in [2.05, 4.69) is 16.7 Å². The predicted molar refractivity (Wildman–Crippen MR) is 101 cm³/mol. The highest BCUT2D eigenvalue weighted by Crippen LogP contribution is 2.29. The minimum absolute atomic E-state index is 0.000288. The smallest absolute Gasteiger partial charge is 0.255 e. The van der Waals surface area contributed by atoms with E-state index in [0.29, 0.717) is 18.9 Å². The Labute approximate surface area is 153 Å². The lowest BCUT2D eigenvalue weighted by atomic mass is 9.86. The van der Waals surface area contributed by atoms with Crippen LogP contribution in [0.3, 0.4) is 0 Å². The number of amides is 1. The summed E-state index contributed by atoms with van der Waals surface area (Å²) >= 11 is 0.